The van der Waals surface area contributed by atoms with Crippen molar-refractivity contribution in [2.45, 2.75) is 25.0 Å². The van der Waals surface area contributed by atoms with Gasteiger partial charge >= 0.3 is 0 Å². The lowest BCUT2D eigenvalue weighted by Crippen LogP contribution is -2.37. The Labute approximate surface area is 105 Å². The minimum atomic E-state index is -0.947. The molecule has 0 aliphatic carbocycles. The predicted octanol–water partition coefficient (Wildman–Crippen LogP) is 2.01. The Morgan fingerprint density at radius 2 is 2.06 bits per heavy atom. The first-order valence-electron chi connectivity index (χ1n) is 6.10. The number of rotatable bonds is 2. The van der Waals surface area contributed by atoms with E-state index >= 15 is 0 Å². The molecule has 2 heterocycles. The molecule has 1 aromatic carbocycles. The monoisotopic (exact) mass is 242 g/mol. The fourth-order valence-electron chi connectivity index (χ4n) is 2.85. The number of ketones is 2. The Bertz CT molecular complexity index is 532. The van der Waals surface area contributed by atoms with E-state index in [0.29, 0.717) is 6.42 Å². The number of Topliss-reactive ketones (excluding diaryl/α,β-unsaturated/α-hetero) is 1. The first kappa shape index (κ1) is 11.4. The van der Waals surface area contributed by atoms with E-state index in [0.717, 1.165) is 5.56 Å². The normalized spacial score (nSPS) is 33.7. The number of fused-ring (bicyclic) bond motifs is 2. The Hall–Kier alpha value is -1.74. The van der Waals surface area contributed by atoms with Crippen molar-refractivity contribution in [1.29, 1.82) is 0 Å². The third-order valence-corrected chi connectivity index (χ3v) is 3.84. The maximum absolute atomic E-state index is 12.2. The van der Waals surface area contributed by atoms with Gasteiger partial charge in [-0.25, -0.2) is 0 Å². The van der Waals surface area contributed by atoms with Gasteiger partial charge in [0.15, 0.2) is 11.4 Å². The molecule has 18 heavy (non-hydrogen) atoms. The lowest BCUT2D eigenvalue weighted by Gasteiger charge is -2.29. The average molecular weight is 242 g/mol. The van der Waals surface area contributed by atoms with Crippen LogP contribution in [0.15, 0.2) is 42.5 Å². The van der Waals surface area contributed by atoms with Crippen LogP contribution in [0.4, 0.5) is 0 Å². The second-order valence-electron chi connectivity index (χ2n) is 4.92. The summed E-state index contributed by atoms with van der Waals surface area (Å²) >= 11 is 0. The molecule has 3 nitrogen and oxygen atoms in total. The van der Waals surface area contributed by atoms with Crippen molar-refractivity contribution in [3.05, 3.63) is 48.0 Å². The molecule has 0 radical (unpaired) electrons. The van der Waals surface area contributed by atoms with E-state index in [2.05, 4.69) is 0 Å². The summed E-state index contributed by atoms with van der Waals surface area (Å²) < 4.78 is 5.90. The maximum atomic E-state index is 12.2. The highest BCUT2D eigenvalue weighted by Crippen LogP contribution is 2.46. The standard InChI is InChI=1S/C15H14O3/c1-10(16)12-9-15(11-5-3-2-4-6-11)14(17)8-7-13(12)18-15/h2-8,12-13H,9H2,1H3/t12-,13?,15-/m0/s1. The third-order valence-electron chi connectivity index (χ3n) is 3.84. The molecular formula is C15H14O3. The minimum Gasteiger partial charge on any atom is -0.354 e. The van der Waals surface area contributed by atoms with E-state index < -0.39 is 5.60 Å². The van der Waals surface area contributed by atoms with E-state index in [1.54, 1.807) is 19.1 Å². The molecule has 0 spiro atoms. The molecule has 2 bridgehead atoms. The first-order chi connectivity index (χ1) is 8.63. The number of hydrogen-bond acceptors (Lipinski definition) is 3. The van der Waals surface area contributed by atoms with Crippen LogP contribution in [-0.2, 0) is 19.9 Å². The van der Waals surface area contributed by atoms with Crippen LogP contribution >= 0.6 is 0 Å². The Balaban J connectivity index is 2.08. The van der Waals surface area contributed by atoms with Gasteiger partial charge in [0.25, 0.3) is 0 Å². The molecule has 2 aliphatic heterocycles. The van der Waals surface area contributed by atoms with Crippen LogP contribution in [-0.4, -0.2) is 17.7 Å². The van der Waals surface area contributed by atoms with Gasteiger partial charge in [-0.3, -0.25) is 9.59 Å². The fourth-order valence-corrected chi connectivity index (χ4v) is 2.85. The van der Waals surface area contributed by atoms with Gasteiger partial charge in [-0.05, 0) is 18.6 Å². The van der Waals surface area contributed by atoms with Gasteiger partial charge in [0, 0.05) is 6.42 Å². The number of ether oxygens (including phenoxy) is 1. The second-order valence-corrected chi connectivity index (χ2v) is 4.92. The van der Waals surface area contributed by atoms with Crippen LogP contribution < -0.4 is 0 Å². The van der Waals surface area contributed by atoms with E-state index in [4.69, 9.17) is 4.74 Å². The predicted molar refractivity (Wildman–Crippen MR) is 65.9 cm³/mol. The summed E-state index contributed by atoms with van der Waals surface area (Å²) in [6.45, 7) is 1.56. The fraction of sp³-hybridized carbons (Fsp3) is 0.333. The Morgan fingerprint density at radius 1 is 1.33 bits per heavy atom. The molecule has 0 amide bonds. The zero-order valence-electron chi connectivity index (χ0n) is 10.1. The highest BCUT2D eigenvalue weighted by molar-refractivity contribution is 6.00. The van der Waals surface area contributed by atoms with Gasteiger partial charge in [-0.1, -0.05) is 36.4 Å². The van der Waals surface area contributed by atoms with E-state index in [1.165, 1.54) is 0 Å². The van der Waals surface area contributed by atoms with Crippen molar-refractivity contribution in [2.24, 2.45) is 5.92 Å². The summed E-state index contributed by atoms with van der Waals surface area (Å²) in [5.41, 5.74) is -0.107. The lowest BCUT2D eigenvalue weighted by atomic mass is 9.83. The maximum Gasteiger partial charge on any atom is 0.191 e. The summed E-state index contributed by atoms with van der Waals surface area (Å²) in [6.07, 6.45) is 3.45. The van der Waals surface area contributed by atoms with Gasteiger partial charge in [0.1, 0.15) is 5.78 Å². The van der Waals surface area contributed by atoms with E-state index in [1.807, 2.05) is 30.3 Å². The second kappa shape index (κ2) is 3.89. The lowest BCUT2D eigenvalue weighted by molar-refractivity contribution is -0.140. The Morgan fingerprint density at radius 3 is 2.72 bits per heavy atom. The van der Waals surface area contributed by atoms with Gasteiger partial charge in [0.2, 0.25) is 0 Å². The van der Waals surface area contributed by atoms with Crippen molar-refractivity contribution in [3.8, 4) is 0 Å². The summed E-state index contributed by atoms with van der Waals surface area (Å²) in [4.78, 5) is 23.9. The van der Waals surface area contributed by atoms with Crippen LogP contribution in [0.1, 0.15) is 18.9 Å². The summed E-state index contributed by atoms with van der Waals surface area (Å²) in [5, 5.41) is 0. The molecule has 3 heteroatoms. The van der Waals surface area contributed by atoms with Gasteiger partial charge in [0.05, 0.1) is 12.0 Å². The summed E-state index contributed by atoms with van der Waals surface area (Å²) in [5.74, 6) is -0.196. The highest BCUT2D eigenvalue weighted by atomic mass is 16.5. The van der Waals surface area contributed by atoms with E-state index in [-0.39, 0.29) is 23.6 Å². The van der Waals surface area contributed by atoms with Gasteiger partial charge in [-0.15, -0.1) is 0 Å². The van der Waals surface area contributed by atoms with Crippen molar-refractivity contribution < 1.29 is 14.3 Å². The zero-order chi connectivity index (χ0) is 12.8. The van der Waals surface area contributed by atoms with Crippen LogP contribution in [0.25, 0.3) is 0 Å². The molecule has 1 aromatic rings. The van der Waals surface area contributed by atoms with Crippen LogP contribution in [0.2, 0.25) is 0 Å². The molecule has 1 unspecified atom stereocenters. The molecule has 1 saturated heterocycles. The molecule has 0 N–H and O–H groups in total. The van der Waals surface area contributed by atoms with Crippen molar-refractivity contribution in [2.75, 3.05) is 0 Å². The average Bonchev–Trinajstić information content (AvgIpc) is 2.72. The topological polar surface area (TPSA) is 43.4 Å². The van der Waals surface area contributed by atoms with Crippen molar-refractivity contribution in [1.82, 2.24) is 0 Å². The largest absolute Gasteiger partial charge is 0.354 e. The molecule has 0 saturated carbocycles. The zero-order valence-corrected chi connectivity index (χ0v) is 10.1. The molecule has 92 valence electrons. The van der Waals surface area contributed by atoms with Gasteiger partial charge < -0.3 is 4.74 Å². The van der Waals surface area contributed by atoms with Crippen molar-refractivity contribution >= 4 is 11.6 Å². The third kappa shape index (κ3) is 1.47. The van der Waals surface area contributed by atoms with Crippen LogP contribution in [0.5, 0.6) is 0 Å². The number of benzene rings is 1. The van der Waals surface area contributed by atoms with E-state index in [9.17, 15) is 9.59 Å². The summed E-state index contributed by atoms with van der Waals surface area (Å²) in [6, 6.07) is 9.44. The molecular weight excluding hydrogens is 228 g/mol. The molecule has 2 aliphatic rings. The minimum absolute atomic E-state index is 0.0614. The number of carbonyl (C=O) groups excluding carboxylic acids is 2. The smallest absolute Gasteiger partial charge is 0.191 e. The Kier molecular flexibility index (Phi) is 2.45. The van der Waals surface area contributed by atoms with Gasteiger partial charge in [-0.2, -0.15) is 0 Å². The summed E-state index contributed by atoms with van der Waals surface area (Å²) in [7, 11) is 0. The molecule has 0 aromatic heterocycles. The van der Waals surface area contributed by atoms with Crippen molar-refractivity contribution in [3.63, 3.8) is 0 Å². The number of carbonyl (C=O) groups is 2. The molecule has 3 atom stereocenters. The first-order valence-corrected chi connectivity index (χ1v) is 6.10. The SMILES string of the molecule is CC(=O)[C@@H]1C[C@@]2(c3ccccc3)OC1C=CC2=O. The quantitative estimate of drug-likeness (QED) is 0.796. The van der Waals surface area contributed by atoms with Crippen LogP contribution in [0, 0.1) is 5.92 Å². The number of hydrogen-bond donors (Lipinski definition) is 0. The molecule has 1 fully saturated rings. The highest BCUT2D eigenvalue weighted by Gasteiger charge is 2.54. The van der Waals surface area contributed by atoms with Crippen LogP contribution in [0.3, 0.4) is 0 Å². The molecule has 3 rings (SSSR count).